The number of rotatable bonds is 6. The molecule has 2 aromatic rings. The van der Waals surface area contributed by atoms with Gasteiger partial charge in [-0.05, 0) is 0 Å². The van der Waals surface area contributed by atoms with Crippen molar-refractivity contribution in [2.24, 2.45) is 0 Å². The Kier molecular flexibility index (Phi) is 9.86. The molecule has 0 aliphatic carbocycles. The Bertz CT molecular complexity index is 467. The van der Waals surface area contributed by atoms with E-state index < -0.39 is 6.10 Å². The fourth-order valence-corrected chi connectivity index (χ4v) is 2.21. The third kappa shape index (κ3) is 8.90. The second-order valence-corrected chi connectivity index (χ2v) is 6.40. The Morgan fingerprint density at radius 3 is 1.35 bits per heavy atom. The molecule has 0 atom stereocenters. The summed E-state index contributed by atoms with van der Waals surface area (Å²) in [4.78, 5) is 0. The predicted molar refractivity (Wildman–Crippen MR) is 92.9 cm³/mol. The standard InChI is InChI=1S/C13H11O.2C3H7O.Al/c14-13(11-7-3-1-4-8-11)12-9-5-2-6-10-12;2*1-3(2)4;/h1-10,13H;2*3H,1-2H3;/q3*-1;+3. The number of hydrogen-bond acceptors (Lipinski definition) is 3. The van der Waals surface area contributed by atoms with Gasteiger partial charge in [-0.25, -0.2) is 0 Å². The van der Waals surface area contributed by atoms with Crippen LogP contribution in [0.25, 0.3) is 0 Å². The molecule has 3 nitrogen and oxygen atoms in total. The molecule has 4 heteroatoms. The Morgan fingerprint density at radius 1 is 0.696 bits per heavy atom. The molecule has 0 aromatic heterocycles. The summed E-state index contributed by atoms with van der Waals surface area (Å²) < 4.78 is 10.4. The first kappa shape index (κ1) is 19.9. The molecule has 0 saturated heterocycles. The van der Waals surface area contributed by atoms with Crippen LogP contribution in [0, 0.1) is 0 Å². The van der Waals surface area contributed by atoms with Gasteiger partial charge < -0.3 is 5.11 Å². The van der Waals surface area contributed by atoms with Gasteiger partial charge in [0.2, 0.25) is 0 Å². The normalized spacial score (nSPS) is 10.4. The van der Waals surface area contributed by atoms with E-state index >= 15 is 0 Å². The molecule has 0 radical (unpaired) electrons. The molecule has 0 saturated carbocycles. The van der Waals surface area contributed by atoms with Gasteiger partial charge in [0.1, 0.15) is 0 Å². The molecule has 0 heterocycles. The van der Waals surface area contributed by atoms with Gasteiger partial charge in [0.05, 0.1) is 0 Å². The molecule has 0 bridgehead atoms. The zero-order chi connectivity index (χ0) is 17.1. The van der Waals surface area contributed by atoms with E-state index in [-0.39, 0.29) is 15.9 Å². The van der Waals surface area contributed by atoms with Crippen LogP contribution in [0.1, 0.15) is 44.9 Å². The molecule has 2 rings (SSSR count). The van der Waals surface area contributed by atoms with E-state index in [0.29, 0.717) is 12.2 Å². The maximum atomic E-state index is 11.9. The van der Waals surface area contributed by atoms with E-state index in [1.165, 1.54) is 0 Å². The first-order valence-electron chi connectivity index (χ1n) is 7.89. The van der Waals surface area contributed by atoms with Gasteiger partial charge in [-0.1, -0.05) is 77.9 Å². The van der Waals surface area contributed by atoms with Crippen LogP contribution in [0.3, 0.4) is 0 Å². The molecule has 23 heavy (non-hydrogen) atoms. The summed E-state index contributed by atoms with van der Waals surface area (Å²) in [5.74, 6) is 0. The fraction of sp³-hybridized carbons (Fsp3) is 0.368. The number of hydrogen-bond donors (Lipinski definition) is 0. The van der Waals surface area contributed by atoms with Crippen molar-refractivity contribution in [2.75, 3.05) is 0 Å². The predicted octanol–water partition coefficient (Wildman–Crippen LogP) is 3.51. The van der Waals surface area contributed by atoms with E-state index in [9.17, 15) is 5.11 Å². The van der Waals surface area contributed by atoms with Gasteiger partial charge in [0.15, 0.2) is 0 Å². The third-order valence-corrected chi connectivity index (χ3v) is 4.17. The maximum Gasteiger partial charge on any atom is -0.0572 e. The van der Waals surface area contributed by atoms with Crippen molar-refractivity contribution in [3.05, 3.63) is 71.8 Å². The molecule has 0 fully saturated rings. The van der Waals surface area contributed by atoms with E-state index in [0.717, 1.165) is 11.1 Å². The van der Waals surface area contributed by atoms with Crippen molar-refractivity contribution >= 4 is 15.9 Å². The van der Waals surface area contributed by atoms with Gasteiger partial charge in [-0.15, -0.1) is 0 Å². The molecule has 0 aliphatic heterocycles. The Morgan fingerprint density at radius 2 is 1.04 bits per heavy atom. The first-order chi connectivity index (χ1) is 11.0. The molecule has 0 N–H and O–H groups in total. The van der Waals surface area contributed by atoms with Gasteiger partial charge >= 0.3 is 63.4 Å². The van der Waals surface area contributed by atoms with E-state index in [2.05, 4.69) is 0 Å². The molecular formula is C19H25AlO3. The van der Waals surface area contributed by atoms with Crippen LogP contribution in [-0.4, -0.2) is 28.1 Å². The molecule has 2 aromatic carbocycles. The van der Waals surface area contributed by atoms with Crippen molar-refractivity contribution in [1.29, 1.82) is 0 Å². The third-order valence-electron chi connectivity index (χ3n) is 2.86. The molecule has 0 unspecified atom stereocenters. The van der Waals surface area contributed by atoms with Crippen molar-refractivity contribution < 1.29 is 12.7 Å². The fourth-order valence-electron chi connectivity index (χ4n) is 1.70. The van der Waals surface area contributed by atoms with E-state index in [1.54, 1.807) is 0 Å². The average molecular weight is 328 g/mol. The van der Waals surface area contributed by atoms with Crippen LogP contribution < -0.4 is 5.11 Å². The summed E-state index contributed by atoms with van der Waals surface area (Å²) in [6, 6.07) is 18.9. The SMILES string of the molecule is CC(C)[O][Al+][O]C(C)C.[O-]C(c1ccccc1)c1ccccc1. The van der Waals surface area contributed by atoms with E-state index in [1.807, 2.05) is 88.4 Å². The van der Waals surface area contributed by atoms with Crippen LogP contribution in [0.4, 0.5) is 0 Å². The topological polar surface area (TPSA) is 41.5 Å². The minimum absolute atomic E-state index is 0.245. The Hall–Kier alpha value is -1.15. The van der Waals surface area contributed by atoms with Gasteiger partial charge in [0.25, 0.3) is 0 Å². The maximum absolute atomic E-state index is 11.9. The van der Waals surface area contributed by atoms with E-state index in [4.69, 9.17) is 7.58 Å². The number of benzene rings is 2. The summed E-state index contributed by atoms with van der Waals surface area (Å²) in [6.07, 6.45) is -0.158. The summed E-state index contributed by atoms with van der Waals surface area (Å²) in [5.41, 5.74) is 1.64. The van der Waals surface area contributed by atoms with Crippen molar-refractivity contribution in [3.8, 4) is 0 Å². The van der Waals surface area contributed by atoms with Crippen LogP contribution >= 0.6 is 0 Å². The zero-order valence-electron chi connectivity index (χ0n) is 14.3. The summed E-state index contributed by atoms with van der Waals surface area (Å²) in [5, 5.41) is 11.9. The Labute approximate surface area is 146 Å². The van der Waals surface area contributed by atoms with Gasteiger partial charge in [-0.2, -0.15) is 0 Å². The van der Waals surface area contributed by atoms with Crippen molar-refractivity contribution in [2.45, 2.75) is 46.0 Å². The van der Waals surface area contributed by atoms with Crippen LogP contribution in [0.5, 0.6) is 0 Å². The summed E-state index contributed by atoms with van der Waals surface area (Å²) in [6.45, 7) is 8.04. The smallest absolute Gasteiger partial charge is 0.0572 e. The molecule has 122 valence electrons. The van der Waals surface area contributed by atoms with Crippen molar-refractivity contribution in [1.82, 2.24) is 0 Å². The second-order valence-electron chi connectivity index (χ2n) is 5.67. The molecule has 0 amide bonds. The first-order valence-corrected chi connectivity index (χ1v) is 8.83. The van der Waals surface area contributed by atoms with Crippen LogP contribution in [-0.2, 0) is 7.58 Å². The van der Waals surface area contributed by atoms with Gasteiger partial charge in [0, 0.05) is 0 Å². The molecule has 0 spiro atoms. The van der Waals surface area contributed by atoms with Crippen LogP contribution in [0.15, 0.2) is 60.7 Å². The summed E-state index contributed by atoms with van der Waals surface area (Å²) in [7, 11) is 0. The summed E-state index contributed by atoms with van der Waals surface area (Å²) >= 11 is -0.245. The molecule has 0 aliphatic rings. The quantitative estimate of drug-likeness (QED) is 0.762. The molecular weight excluding hydrogens is 303 g/mol. The van der Waals surface area contributed by atoms with Crippen LogP contribution in [0.2, 0.25) is 0 Å². The monoisotopic (exact) mass is 328 g/mol. The minimum Gasteiger partial charge on any atom is -0.845 e. The van der Waals surface area contributed by atoms with Gasteiger partial charge in [-0.3, -0.25) is 0 Å². The van der Waals surface area contributed by atoms with Crippen molar-refractivity contribution in [3.63, 3.8) is 0 Å². The zero-order valence-corrected chi connectivity index (χ0v) is 15.5. The average Bonchev–Trinajstić information content (AvgIpc) is 2.56. The second kappa shape index (κ2) is 11.4. The minimum atomic E-state index is -0.766. The largest absolute Gasteiger partial charge is 0.845 e. The Balaban J connectivity index is 0.000000257.